The molecule has 0 spiro atoms. The molecule has 1 heterocycles. The first-order chi connectivity index (χ1) is 9.99. The number of hydrogen-bond acceptors (Lipinski definition) is 4. The van der Waals surface area contributed by atoms with Crippen LogP contribution in [0.25, 0.3) is 0 Å². The quantitative estimate of drug-likeness (QED) is 0.694. The maximum absolute atomic E-state index is 12.1. The second-order valence-corrected chi connectivity index (χ2v) is 6.16. The van der Waals surface area contributed by atoms with Gasteiger partial charge in [0.25, 0.3) is 0 Å². The lowest BCUT2D eigenvalue weighted by Gasteiger charge is -2.35. The maximum atomic E-state index is 12.1. The Hall–Kier alpha value is -1.40. The largest absolute Gasteiger partial charge is 0.368 e. The molecule has 1 fully saturated rings. The van der Waals surface area contributed by atoms with Crippen molar-refractivity contribution in [3.8, 4) is 0 Å². The van der Waals surface area contributed by atoms with Gasteiger partial charge in [0, 0.05) is 26.0 Å². The molecule has 1 amide bonds. The molecule has 0 saturated heterocycles. The van der Waals surface area contributed by atoms with Crippen LogP contribution < -0.4 is 11.1 Å². The van der Waals surface area contributed by atoms with Gasteiger partial charge in [0.2, 0.25) is 5.91 Å². The van der Waals surface area contributed by atoms with Gasteiger partial charge in [0.1, 0.15) is 11.4 Å². The van der Waals surface area contributed by atoms with Gasteiger partial charge in [-0.2, -0.15) is 0 Å². The minimum atomic E-state index is -0.601. The predicted molar refractivity (Wildman–Crippen MR) is 82.5 cm³/mol. The molecule has 0 radical (unpaired) electrons. The van der Waals surface area contributed by atoms with Crippen molar-refractivity contribution in [1.29, 1.82) is 0 Å². The summed E-state index contributed by atoms with van der Waals surface area (Å²) >= 11 is 0. The summed E-state index contributed by atoms with van der Waals surface area (Å²) in [4.78, 5) is 18.6. The van der Waals surface area contributed by atoms with Crippen molar-refractivity contribution < 1.29 is 4.79 Å². The zero-order chi connectivity index (χ0) is 15.5. The van der Waals surface area contributed by atoms with E-state index in [0.29, 0.717) is 19.0 Å². The molecule has 1 aromatic heterocycles. The zero-order valence-corrected chi connectivity index (χ0v) is 13.3. The van der Waals surface area contributed by atoms with Gasteiger partial charge in [0.05, 0.1) is 6.54 Å². The lowest BCUT2D eigenvalue weighted by atomic mass is 9.91. The fraction of sp³-hybridized carbons (Fsp3) is 0.733. The van der Waals surface area contributed by atoms with Crippen LogP contribution in [0.4, 0.5) is 0 Å². The number of aryl methyl sites for hydroxylation is 1. The average molecular weight is 293 g/mol. The Kier molecular flexibility index (Phi) is 5.00. The fourth-order valence-corrected chi connectivity index (χ4v) is 2.89. The summed E-state index contributed by atoms with van der Waals surface area (Å²) in [6.07, 6.45) is 6.87. The van der Waals surface area contributed by atoms with Gasteiger partial charge >= 0.3 is 0 Å². The normalized spacial score (nSPS) is 17.9. The van der Waals surface area contributed by atoms with Crippen molar-refractivity contribution in [1.82, 2.24) is 19.8 Å². The van der Waals surface area contributed by atoms with E-state index >= 15 is 0 Å². The van der Waals surface area contributed by atoms with E-state index in [2.05, 4.69) is 22.1 Å². The molecule has 0 aromatic carbocycles. The van der Waals surface area contributed by atoms with Gasteiger partial charge in [-0.25, -0.2) is 4.98 Å². The standard InChI is InChI=1S/C15H27N5O/c1-4-7-18-15(14(16)21,12-5-6-12)11-19(2)10-13-17-8-9-20(13)3/h8-9,12,18H,4-7,10-11H2,1-3H3,(H2,16,21). The lowest BCUT2D eigenvalue weighted by Crippen LogP contribution is -2.62. The first kappa shape index (κ1) is 16.0. The summed E-state index contributed by atoms with van der Waals surface area (Å²) in [5.74, 6) is 1.12. The molecule has 6 heteroatoms. The summed E-state index contributed by atoms with van der Waals surface area (Å²) < 4.78 is 2.00. The van der Waals surface area contributed by atoms with Crippen LogP contribution in [0.15, 0.2) is 12.4 Å². The first-order valence-electron chi connectivity index (χ1n) is 7.69. The third kappa shape index (κ3) is 3.63. The maximum Gasteiger partial charge on any atom is 0.239 e. The number of carbonyl (C=O) groups excluding carboxylic acids is 1. The smallest absolute Gasteiger partial charge is 0.239 e. The van der Waals surface area contributed by atoms with Crippen LogP contribution in [0.3, 0.4) is 0 Å². The Balaban J connectivity index is 2.06. The van der Waals surface area contributed by atoms with Gasteiger partial charge in [-0.1, -0.05) is 6.92 Å². The molecule has 0 bridgehead atoms. The molecule has 1 saturated carbocycles. The van der Waals surface area contributed by atoms with Crippen LogP contribution in [0.2, 0.25) is 0 Å². The van der Waals surface area contributed by atoms with E-state index in [4.69, 9.17) is 5.73 Å². The number of amides is 1. The second kappa shape index (κ2) is 6.58. The van der Waals surface area contributed by atoms with Crippen LogP contribution in [0.5, 0.6) is 0 Å². The van der Waals surface area contributed by atoms with Crippen molar-refractivity contribution >= 4 is 5.91 Å². The number of primary amides is 1. The predicted octanol–water partition coefficient (Wildman–Crippen LogP) is 0.486. The molecule has 1 atom stereocenters. The summed E-state index contributed by atoms with van der Waals surface area (Å²) in [5, 5.41) is 3.43. The number of likely N-dealkylation sites (N-methyl/N-ethyl adjacent to an activating group) is 1. The SMILES string of the molecule is CCCNC(CN(C)Cc1nccn1C)(C(N)=O)C1CC1. The van der Waals surface area contributed by atoms with Crippen LogP contribution in [0, 0.1) is 5.92 Å². The fourth-order valence-electron chi connectivity index (χ4n) is 2.89. The van der Waals surface area contributed by atoms with Gasteiger partial charge in [-0.05, 0) is 38.8 Å². The number of aromatic nitrogens is 2. The second-order valence-electron chi connectivity index (χ2n) is 6.16. The van der Waals surface area contributed by atoms with Crippen LogP contribution in [0.1, 0.15) is 32.0 Å². The number of hydrogen-bond donors (Lipinski definition) is 2. The average Bonchev–Trinajstić information content (AvgIpc) is 3.20. The minimum absolute atomic E-state index is 0.231. The molecule has 0 aliphatic heterocycles. The van der Waals surface area contributed by atoms with Gasteiger partial charge < -0.3 is 15.6 Å². The first-order valence-corrected chi connectivity index (χ1v) is 7.69. The highest BCUT2D eigenvalue weighted by atomic mass is 16.1. The van der Waals surface area contributed by atoms with Crippen molar-refractivity contribution in [3.05, 3.63) is 18.2 Å². The molecule has 2 rings (SSSR count). The highest BCUT2D eigenvalue weighted by Crippen LogP contribution is 2.40. The number of imidazole rings is 1. The number of rotatable bonds is 9. The molecule has 1 aromatic rings. The highest BCUT2D eigenvalue weighted by Gasteiger charge is 2.49. The van der Waals surface area contributed by atoms with Crippen molar-refractivity contribution in [2.75, 3.05) is 20.1 Å². The highest BCUT2D eigenvalue weighted by molar-refractivity contribution is 5.86. The summed E-state index contributed by atoms with van der Waals surface area (Å²) in [6, 6.07) is 0. The summed E-state index contributed by atoms with van der Waals surface area (Å²) in [6.45, 7) is 4.25. The number of nitrogens with zero attached hydrogens (tertiary/aromatic N) is 3. The lowest BCUT2D eigenvalue weighted by molar-refractivity contribution is -0.126. The van der Waals surface area contributed by atoms with Crippen LogP contribution >= 0.6 is 0 Å². The molecule has 1 unspecified atom stereocenters. The minimum Gasteiger partial charge on any atom is -0.368 e. The monoisotopic (exact) mass is 293 g/mol. The summed E-state index contributed by atoms with van der Waals surface area (Å²) in [5.41, 5.74) is 5.15. The molecule has 6 nitrogen and oxygen atoms in total. The molecule has 1 aliphatic rings. The Labute approximate surface area is 126 Å². The van der Waals surface area contributed by atoms with E-state index in [1.165, 1.54) is 0 Å². The molecular weight excluding hydrogens is 266 g/mol. The Morgan fingerprint density at radius 2 is 2.33 bits per heavy atom. The van der Waals surface area contributed by atoms with Crippen molar-refractivity contribution in [3.63, 3.8) is 0 Å². The molecular formula is C15H27N5O. The van der Waals surface area contributed by atoms with E-state index in [1.54, 1.807) is 6.20 Å². The third-order valence-electron chi connectivity index (χ3n) is 4.26. The molecule has 1 aliphatic carbocycles. The van der Waals surface area contributed by atoms with Gasteiger partial charge in [-0.3, -0.25) is 9.69 Å². The van der Waals surface area contributed by atoms with E-state index in [1.807, 2.05) is 24.9 Å². The van der Waals surface area contributed by atoms with E-state index < -0.39 is 5.54 Å². The van der Waals surface area contributed by atoms with Crippen molar-refractivity contribution in [2.24, 2.45) is 18.7 Å². The molecule has 21 heavy (non-hydrogen) atoms. The number of nitrogens with two attached hydrogens (primary N) is 1. The number of nitrogens with one attached hydrogen (secondary N) is 1. The molecule has 118 valence electrons. The summed E-state index contributed by atoms with van der Waals surface area (Å²) in [7, 11) is 4.00. The van der Waals surface area contributed by atoms with Gasteiger partial charge in [0.15, 0.2) is 0 Å². The Morgan fingerprint density at radius 3 is 2.81 bits per heavy atom. The van der Waals surface area contributed by atoms with Gasteiger partial charge in [-0.15, -0.1) is 0 Å². The van der Waals surface area contributed by atoms with Crippen LogP contribution in [-0.4, -0.2) is 46.0 Å². The Bertz CT molecular complexity index is 482. The van der Waals surface area contributed by atoms with E-state index in [0.717, 1.165) is 31.6 Å². The zero-order valence-electron chi connectivity index (χ0n) is 13.3. The van der Waals surface area contributed by atoms with Crippen molar-refractivity contribution in [2.45, 2.75) is 38.3 Å². The third-order valence-corrected chi connectivity index (χ3v) is 4.26. The van der Waals surface area contributed by atoms with Crippen LogP contribution in [-0.2, 0) is 18.4 Å². The van der Waals surface area contributed by atoms with E-state index in [-0.39, 0.29) is 5.91 Å². The molecule has 3 N–H and O–H groups in total. The van der Waals surface area contributed by atoms with E-state index in [9.17, 15) is 4.79 Å². The topological polar surface area (TPSA) is 76.2 Å². The Morgan fingerprint density at radius 1 is 1.62 bits per heavy atom. The number of carbonyl (C=O) groups is 1.